The maximum atomic E-state index is 3.76. The van der Waals surface area contributed by atoms with E-state index in [0.717, 1.165) is 6.54 Å². The fourth-order valence-corrected chi connectivity index (χ4v) is 3.48. The summed E-state index contributed by atoms with van der Waals surface area (Å²) in [6.07, 6.45) is 13.2. The third-order valence-electron chi connectivity index (χ3n) is 4.73. The normalized spacial score (nSPS) is 15.1. The SMILES string of the molecule is CCCCCCC(Cc1ccc2c(c1)CCC2)NCCC. The van der Waals surface area contributed by atoms with Gasteiger partial charge in [-0.2, -0.15) is 0 Å². The van der Waals surface area contributed by atoms with Crippen molar-refractivity contribution in [2.24, 2.45) is 0 Å². The summed E-state index contributed by atoms with van der Waals surface area (Å²) >= 11 is 0. The topological polar surface area (TPSA) is 12.0 Å². The van der Waals surface area contributed by atoms with E-state index < -0.39 is 0 Å². The molecule has 1 aliphatic rings. The first-order valence-electron chi connectivity index (χ1n) is 9.17. The number of hydrogen-bond donors (Lipinski definition) is 1. The molecule has 0 bridgehead atoms. The van der Waals surface area contributed by atoms with Crippen molar-refractivity contribution in [3.8, 4) is 0 Å². The molecule has 0 saturated heterocycles. The smallest absolute Gasteiger partial charge is 0.0107 e. The van der Waals surface area contributed by atoms with Crippen LogP contribution in [0.1, 0.15) is 75.5 Å². The lowest BCUT2D eigenvalue weighted by atomic mass is 9.97. The molecule has 1 unspecified atom stereocenters. The van der Waals surface area contributed by atoms with Crippen molar-refractivity contribution < 1.29 is 0 Å². The molecule has 1 N–H and O–H groups in total. The summed E-state index contributed by atoms with van der Waals surface area (Å²) in [7, 11) is 0. The number of fused-ring (bicyclic) bond motifs is 1. The van der Waals surface area contributed by atoms with Crippen LogP contribution >= 0.6 is 0 Å². The summed E-state index contributed by atoms with van der Waals surface area (Å²) in [4.78, 5) is 0. The Morgan fingerprint density at radius 1 is 1.00 bits per heavy atom. The highest BCUT2D eigenvalue weighted by molar-refractivity contribution is 5.35. The fraction of sp³-hybridized carbons (Fsp3) is 0.700. The largest absolute Gasteiger partial charge is 0.314 e. The third kappa shape index (κ3) is 5.47. The second-order valence-corrected chi connectivity index (χ2v) is 6.66. The van der Waals surface area contributed by atoms with Gasteiger partial charge in [0, 0.05) is 6.04 Å². The van der Waals surface area contributed by atoms with Crippen molar-refractivity contribution in [2.75, 3.05) is 6.54 Å². The molecule has 21 heavy (non-hydrogen) atoms. The highest BCUT2D eigenvalue weighted by atomic mass is 14.9. The lowest BCUT2D eigenvalue weighted by Crippen LogP contribution is -2.31. The zero-order valence-corrected chi connectivity index (χ0v) is 14.1. The summed E-state index contributed by atoms with van der Waals surface area (Å²) in [6, 6.07) is 7.90. The van der Waals surface area contributed by atoms with E-state index in [9.17, 15) is 0 Å². The molecule has 1 aromatic rings. The van der Waals surface area contributed by atoms with E-state index in [4.69, 9.17) is 0 Å². The molecule has 1 atom stereocenters. The quantitative estimate of drug-likeness (QED) is 0.593. The van der Waals surface area contributed by atoms with Crippen molar-refractivity contribution >= 4 is 0 Å². The first-order valence-corrected chi connectivity index (χ1v) is 9.17. The van der Waals surface area contributed by atoms with E-state index >= 15 is 0 Å². The van der Waals surface area contributed by atoms with Gasteiger partial charge in [-0.1, -0.05) is 57.7 Å². The van der Waals surface area contributed by atoms with Crippen LogP contribution in [0.2, 0.25) is 0 Å². The van der Waals surface area contributed by atoms with Crippen molar-refractivity contribution in [3.05, 3.63) is 34.9 Å². The minimum atomic E-state index is 0.668. The summed E-state index contributed by atoms with van der Waals surface area (Å²) in [5.41, 5.74) is 4.76. The standard InChI is InChI=1S/C20H33N/c1-3-5-6-7-11-20(21-14-4-2)16-17-12-13-18-9-8-10-19(18)15-17/h12-13,15,20-21H,3-11,14,16H2,1-2H3. The van der Waals surface area contributed by atoms with Gasteiger partial charge in [-0.15, -0.1) is 0 Å². The van der Waals surface area contributed by atoms with E-state index in [0.29, 0.717) is 6.04 Å². The number of aryl methyl sites for hydroxylation is 2. The molecule has 1 heteroatoms. The summed E-state index contributed by atoms with van der Waals surface area (Å²) < 4.78 is 0. The number of nitrogens with one attached hydrogen (secondary N) is 1. The molecule has 0 heterocycles. The third-order valence-corrected chi connectivity index (χ3v) is 4.73. The van der Waals surface area contributed by atoms with Gasteiger partial charge in [0.25, 0.3) is 0 Å². The van der Waals surface area contributed by atoms with Crippen molar-refractivity contribution in [1.82, 2.24) is 5.32 Å². The van der Waals surface area contributed by atoms with Crippen LogP contribution in [0.15, 0.2) is 18.2 Å². The molecule has 0 aromatic heterocycles. The molecule has 0 fully saturated rings. The van der Waals surface area contributed by atoms with E-state index in [1.807, 2.05) is 0 Å². The monoisotopic (exact) mass is 287 g/mol. The first kappa shape index (κ1) is 16.5. The molecule has 0 spiro atoms. The van der Waals surface area contributed by atoms with Gasteiger partial charge >= 0.3 is 0 Å². The maximum Gasteiger partial charge on any atom is 0.0107 e. The van der Waals surface area contributed by atoms with Crippen molar-refractivity contribution in [1.29, 1.82) is 0 Å². The highest BCUT2D eigenvalue weighted by Gasteiger charge is 2.13. The van der Waals surface area contributed by atoms with Crippen LogP contribution in [0, 0.1) is 0 Å². The lowest BCUT2D eigenvalue weighted by molar-refractivity contribution is 0.453. The number of hydrogen-bond acceptors (Lipinski definition) is 1. The van der Waals surface area contributed by atoms with E-state index in [2.05, 4.69) is 37.4 Å². The number of unbranched alkanes of at least 4 members (excludes halogenated alkanes) is 3. The summed E-state index contributed by atoms with van der Waals surface area (Å²) in [6.45, 7) is 5.71. The number of rotatable bonds is 10. The molecule has 1 aliphatic carbocycles. The zero-order valence-electron chi connectivity index (χ0n) is 14.1. The zero-order chi connectivity index (χ0) is 14.9. The Hall–Kier alpha value is -0.820. The van der Waals surface area contributed by atoms with Crippen LogP contribution < -0.4 is 5.32 Å². The minimum absolute atomic E-state index is 0.668. The van der Waals surface area contributed by atoms with Gasteiger partial charge in [-0.25, -0.2) is 0 Å². The Morgan fingerprint density at radius 3 is 2.67 bits per heavy atom. The van der Waals surface area contributed by atoms with Crippen LogP contribution in [0.3, 0.4) is 0 Å². The van der Waals surface area contributed by atoms with Gasteiger partial charge < -0.3 is 5.32 Å². The van der Waals surface area contributed by atoms with Gasteiger partial charge in [-0.05, 0) is 61.8 Å². The summed E-state index contributed by atoms with van der Waals surface area (Å²) in [5.74, 6) is 0. The van der Waals surface area contributed by atoms with E-state index in [1.165, 1.54) is 64.2 Å². The van der Waals surface area contributed by atoms with Gasteiger partial charge in [-0.3, -0.25) is 0 Å². The van der Waals surface area contributed by atoms with Crippen LogP contribution in [0.25, 0.3) is 0 Å². The van der Waals surface area contributed by atoms with E-state index in [-0.39, 0.29) is 0 Å². The first-order chi connectivity index (χ1) is 10.3. The van der Waals surface area contributed by atoms with Gasteiger partial charge in [0.05, 0.1) is 0 Å². The molecule has 0 radical (unpaired) electrons. The van der Waals surface area contributed by atoms with Crippen molar-refractivity contribution in [2.45, 2.75) is 84.1 Å². The average Bonchev–Trinajstić information content (AvgIpc) is 2.96. The Bertz CT molecular complexity index is 410. The van der Waals surface area contributed by atoms with E-state index in [1.54, 1.807) is 16.7 Å². The Balaban J connectivity index is 1.87. The molecule has 118 valence electrons. The van der Waals surface area contributed by atoms with Gasteiger partial charge in [0.1, 0.15) is 0 Å². The average molecular weight is 287 g/mol. The summed E-state index contributed by atoms with van der Waals surface area (Å²) in [5, 5.41) is 3.76. The predicted octanol–water partition coefficient (Wildman–Crippen LogP) is 5.06. The molecule has 2 rings (SSSR count). The Kier molecular flexibility index (Phi) is 7.29. The molecular weight excluding hydrogens is 254 g/mol. The minimum Gasteiger partial charge on any atom is -0.314 e. The lowest BCUT2D eigenvalue weighted by Gasteiger charge is -2.19. The molecule has 0 amide bonds. The van der Waals surface area contributed by atoms with Crippen molar-refractivity contribution in [3.63, 3.8) is 0 Å². The highest BCUT2D eigenvalue weighted by Crippen LogP contribution is 2.23. The molecule has 1 aromatic carbocycles. The second kappa shape index (κ2) is 9.25. The van der Waals surface area contributed by atoms with Crippen LogP contribution in [0.4, 0.5) is 0 Å². The molecular formula is C20H33N. The molecule has 0 saturated carbocycles. The second-order valence-electron chi connectivity index (χ2n) is 6.66. The maximum absolute atomic E-state index is 3.76. The Labute approximate surface area is 131 Å². The van der Waals surface area contributed by atoms with Crippen LogP contribution in [-0.4, -0.2) is 12.6 Å². The predicted molar refractivity (Wildman–Crippen MR) is 93.0 cm³/mol. The van der Waals surface area contributed by atoms with Gasteiger partial charge in [0.15, 0.2) is 0 Å². The van der Waals surface area contributed by atoms with Gasteiger partial charge in [0.2, 0.25) is 0 Å². The van der Waals surface area contributed by atoms with Crippen LogP contribution in [-0.2, 0) is 19.3 Å². The van der Waals surface area contributed by atoms with Crippen LogP contribution in [0.5, 0.6) is 0 Å². The Morgan fingerprint density at radius 2 is 1.86 bits per heavy atom. The number of benzene rings is 1. The molecule has 1 nitrogen and oxygen atoms in total. The molecule has 0 aliphatic heterocycles. The fourth-order valence-electron chi connectivity index (χ4n) is 3.48.